The van der Waals surface area contributed by atoms with Gasteiger partial charge in [0, 0.05) is 16.7 Å². The summed E-state index contributed by atoms with van der Waals surface area (Å²) in [6.07, 6.45) is 5.05. The van der Waals surface area contributed by atoms with Crippen LogP contribution in [-0.4, -0.2) is 16.0 Å². The summed E-state index contributed by atoms with van der Waals surface area (Å²) in [5, 5.41) is 20.0. The lowest BCUT2D eigenvalue weighted by molar-refractivity contribution is 0.101. The first-order valence-electron chi connectivity index (χ1n) is 5.26. The number of hydrogen-bond donors (Lipinski definition) is 2. The number of carbonyl (C=O) groups is 1. The van der Waals surface area contributed by atoms with E-state index < -0.39 is 0 Å². The highest BCUT2D eigenvalue weighted by atomic mass is 16.3. The van der Waals surface area contributed by atoms with Crippen LogP contribution in [0, 0.1) is 6.92 Å². The van der Waals surface area contributed by atoms with E-state index >= 15 is 0 Å². The zero-order valence-corrected chi connectivity index (χ0v) is 9.37. The van der Waals surface area contributed by atoms with E-state index in [0.29, 0.717) is 24.0 Å². The largest absolute Gasteiger partial charge is 0.507 e. The van der Waals surface area contributed by atoms with E-state index in [-0.39, 0.29) is 22.8 Å². The summed E-state index contributed by atoms with van der Waals surface area (Å²) in [5.41, 5.74) is 2.13. The Kier molecular flexibility index (Phi) is 2.46. The number of carbonyl (C=O) groups excluding carboxylic acids is 1. The number of fused-ring (bicyclic) bond motifs is 1. The van der Waals surface area contributed by atoms with Gasteiger partial charge >= 0.3 is 0 Å². The van der Waals surface area contributed by atoms with E-state index in [9.17, 15) is 15.0 Å². The third-order valence-electron chi connectivity index (χ3n) is 3.07. The number of phenols is 2. The van der Waals surface area contributed by atoms with Crippen LogP contribution in [0.5, 0.6) is 11.5 Å². The van der Waals surface area contributed by atoms with Crippen molar-refractivity contribution >= 4 is 5.78 Å². The second-order valence-corrected chi connectivity index (χ2v) is 4.09. The minimum absolute atomic E-state index is 0.0298. The summed E-state index contributed by atoms with van der Waals surface area (Å²) in [6.45, 7) is 3.05. The number of ketones is 1. The zero-order valence-electron chi connectivity index (χ0n) is 9.37. The minimum Gasteiger partial charge on any atom is -0.507 e. The van der Waals surface area contributed by atoms with E-state index in [1.807, 2.05) is 12.2 Å². The molecular formula is C13H14O3. The SMILES string of the molecule is CC(=O)c1c(C)c(O)c2c(c1O)CC=CC2. The van der Waals surface area contributed by atoms with E-state index in [1.165, 1.54) is 6.92 Å². The summed E-state index contributed by atoms with van der Waals surface area (Å²) in [7, 11) is 0. The standard InChI is InChI=1S/C13H14O3/c1-7-11(8(2)14)13(16)10-6-4-3-5-9(10)12(7)15/h3-4,15-16H,5-6H2,1-2H3. The van der Waals surface area contributed by atoms with Crippen LogP contribution < -0.4 is 0 Å². The van der Waals surface area contributed by atoms with Gasteiger partial charge in [0.05, 0.1) is 5.56 Å². The van der Waals surface area contributed by atoms with Gasteiger partial charge in [0.25, 0.3) is 0 Å². The Hall–Kier alpha value is -1.77. The van der Waals surface area contributed by atoms with Gasteiger partial charge in [-0.2, -0.15) is 0 Å². The molecule has 0 unspecified atom stereocenters. The second kappa shape index (κ2) is 3.67. The number of phenolic OH excluding ortho intramolecular Hbond substituents is 2. The minimum atomic E-state index is -0.220. The molecule has 1 aliphatic carbocycles. The lowest BCUT2D eigenvalue weighted by atomic mass is 9.88. The van der Waals surface area contributed by atoms with Crippen molar-refractivity contribution in [3.8, 4) is 11.5 Å². The summed E-state index contributed by atoms with van der Waals surface area (Å²) in [5.74, 6) is -0.0489. The molecule has 1 aromatic carbocycles. The molecule has 0 saturated heterocycles. The molecule has 3 heteroatoms. The summed E-state index contributed by atoms with van der Waals surface area (Å²) >= 11 is 0. The van der Waals surface area contributed by atoms with E-state index in [2.05, 4.69) is 0 Å². The van der Waals surface area contributed by atoms with Crippen LogP contribution in [0.25, 0.3) is 0 Å². The van der Waals surface area contributed by atoms with Crippen LogP contribution >= 0.6 is 0 Å². The molecule has 1 aromatic rings. The van der Waals surface area contributed by atoms with Crippen molar-refractivity contribution in [1.82, 2.24) is 0 Å². The first-order chi connectivity index (χ1) is 7.54. The molecule has 0 amide bonds. The molecule has 2 N–H and O–H groups in total. The fraction of sp³-hybridized carbons (Fsp3) is 0.308. The van der Waals surface area contributed by atoms with Crippen LogP contribution in [-0.2, 0) is 12.8 Å². The van der Waals surface area contributed by atoms with Crippen LogP contribution in [0.3, 0.4) is 0 Å². The van der Waals surface area contributed by atoms with Gasteiger partial charge in [0.15, 0.2) is 5.78 Å². The maximum Gasteiger partial charge on any atom is 0.163 e. The monoisotopic (exact) mass is 218 g/mol. The van der Waals surface area contributed by atoms with Gasteiger partial charge in [0.1, 0.15) is 11.5 Å². The van der Waals surface area contributed by atoms with Crippen molar-refractivity contribution < 1.29 is 15.0 Å². The highest BCUT2D eigenvalue weighted by molar-refractivity contribution is 5.99. The predicted octanol–water partition coefficient (Wildman–Crippen LogP) is 2.26. The maximum atomic E-state index is 11.4. The molecular weight excluding hydrogens is 204 g/mol. The van der Waals surface area contributed by atoms with Gasteiger partial charge in [0.2, 0.25) is 0 Å². The average molecular weight is 218 g/mol. The number of benzene rings is 1. The van der Waals surface area contributed by atoms with Gasteiger partial charge in [-0.3, -0.25) is 4.79 Å². The number of hydrogen-bond acceptors (Lipinski definition) is 3. The van der Waals surface area contributed by atoms with Crippen molar-refractivity contribution in [3.63, 3.8) is 0 Å². The van der Waals surface area contributed by atoms with Crippen LogP contribution in [0.2, 0.25) is 0 Å². The summed E-state index contributed by atoms with van der Waals surface area (Å²) < 4.78 is 0. The molecule has 1 aliphatic rings. The van der Waals surface area contributed by atoms with Crippen molar-refractivity contribution in [1.29, 1.82) is 0 Å². The van der Waals surface area contributed by atoms with Crippen LogP contribution in [0.4, 0.5) is 0 Å². The molecule has 0 aliphatic heterocycles. The summed E-state index contributed by atoms with van der Waals surface area (Å²) in [6, 6.07) is 0. The highest BCUT2D eigenvalue weighted by Gasteiger charge is 2.23. The van der Waals surface area contributed by atoms with Crippen molar-refractivity contribution in [3.05, 3.63) is 34.4 Å². The lowest BCUT2D eigenvalue weighted by Crippen LogP contribution is -2.06. The molecule has 2 rings (SSSR count). The molecule has 3 nitrogen and oxygen atoms in total. The van der Waals surface area contributed by atoms with Crippen molar-refractivity contribution in [2.24, 2.45) is 0 Å². The highest BCUT2D eigenvalue weighted by Crippen LogP contribution is 2.39. The number of rotatable bonds is 1. The second-order valence-electron chi connectivity index (χ2n) is 4.09. The Bertz CT molecular complexity index is 499. The Balaban J connectivity index is 2.78. The molecule has 0 atom stereocenters. The first-order valence-corrected chi connectivity index (χ1v) is 5.26. The van der Waals surface area contributed by atoms with Crippen LogP contribution in [0.1, 0.15) is 34.0 Å². The predicted molar refractivity (Wildman–Crippen MR) is 61.1 cm³/mol. The average Bonchev–Trinajstić information content (AvgIpc) is 2.26. The van der Waals surface area contributed by atoms with Gasteiger partial charge in [-0.05, 0) is 26.7 Å². The molecule has 0 bridgehead atoms. The smallest absolute Gasteiger partial charge is 0.163 e. The number of Topliss-reactive ketones (excluding diaryl/α,β-unsaturated/α-hetero) is 1. The molecule has 0 fully saturated rings. The number of allylic oxidation sites excluding steroid dienone is 2. The third kappa shape index (κ3) is 1.40. The lowest BCUT2D eigenvalue weighted by Gasteiger charge is -2.19. The van der Waals surface area contributed by atoms with Crippen LogP contribution in [0.15, 0.2) is 12.2 Å². The fourth-order valence-corrected chi connectivity index (χ4v) is 2.23. The topological polar surface area (TPSA) is 57.5 Å². The molecule has 84 valence electrons. The Morgan fingerprint density at radius 3 is 2.12 bits per heavy atom. The quantitative estimate of drug-likeness (QED) is 0.432. The normalized spacial score (nSPS) is 13.6. The third-order valence-corrected chi connectivity index (χ3v) is 3.07. The number of aromatic hydroxyl groups is 2. The summed E-state index contributed by atoms with van der Waals surface area (Å²) in [4.78, 5) is 11.4. The van der Waals surface area contributed by atoms with E-state index in [4.69, 9.17) is 0 Å². The Labute approximate surface area is 94.0 Å². The van der Waals surface area contributed by atoms with Crippen molar-refractivity contribution in [2.75, 3.05) is 0 Å². The fourth-order valence-electron chi connectivity index (χ4n) is 2.23. The van der Waals surface area contributed by atoms with E-state index in [1.54, 1.807) is 6.92 Å². The van der Waals surface area contributed by atoms with Crippen molar-refractivity contribution in [2.45, 2.75) is 26.7 Å². The molecule has 16 heavy (non-hydrogen) atoms. The Morgan fingerprint density at radius 1 is 1.12 bits per heavy atom. The molecule has 0 saturated carbocycles. The van der Waals surface area contributed by atoms with Gasteiger partial charge in [-0.1, -0.05) is 12.2 Å². The Morgan fingerprint density at radius 2 is 1.62 bits per heavy atom. The van der Waals surface area contributed by atoms with Gasteiger partial charge in [-0.15, -0.1) is 0 Å². The van der Waals surface area contributed by atoms with Gasteiger partial charge < -0.3 is 10.2 Å². The van der Waals surface area contributed by atoms with Gasteiger partial charge in [-0.25, -0.2) is 0 Å². The molecule has 0 aromatic heterocycles. The molecule has 0 heterocycles. The first kappa shape index (κ1) is 10.7. The maximum absolute atomic E-state index is 11.4. The molecule has 0 radical (unpaired) electrons. The zero-order chi connectivity index (χ0) is 11.9. The molecule has 0 spiro atoms. The van der Waals surface area contributed by atoms with E-state index in [0.717, 1.165) is 5.56 Å².